The third-order valence-corrected chi connectivity index (χ3v) is 14.5. The molecule has 0 bridgehead atoms. The highest BCUT2D eigenvalue weighted by atomic mass is 16.5. The Labute approximate surface area is 348 Å². The van der Waals surface area contributed by atoms with Gasteiger partial charge in [0.1, 0.15) is 5.75 Å². The van der Waals surface area contributed by atoms with E-state index in [1.54, 1.807) is 14.2 Å². The standard InChI is InChI=1S/C54H53NO4/c1-34-32-55(33-35(2)58-34)40-24-22-39(23-25-40)54(38-16-6-5-7-17-38)27-26-44-51-50(45-28-48(56-3)49(57-4)29-46(45)52(44)59-54)43-20-11-10-18-41(43)42-19-12-13-21-47(42)53(51)30-36-14-8-9-15-37(36)31-53/h5-7,10-13,16-29,34-37H,8-9,14-15,30-33H2,1-4H3. The lowest BCUT2D eigenvalue weighted by Gasteiger charge is -2.41. The third-order valence-electron chi connectivity index (χ3n) is 14.5. The van der Waals surface area contributed by atoms with Crippen LogP contribution < -0.4 is 19.1 Å². The Morgan fingerprint density at radius 1 is 0.644 bits per heavy atom. The van der Waals surface area contributed by atoms with Gasteiger partial charge in [-0.05, 0) is 108 Å². The fourth-order valence-electron chi connectivity index (χ4n) is 12.1. The first-order valence-electron chi connectivity index (χ1n) is 21.8. The van der Waals surface area contributed by atoms with E-state index in [0.29, 0.717) is 17.6 Å². The van der Waals surface area contributed by atoms with Gasteiger partial charge in [0.2, 0.25) is 0 Å². The first-order chi connectivity index (χ1) is 28.9. The molecule has 2 heterocycles. The summed E-state index contributed by atoms with van der Waals surface area (Å²) >= 11 is 0. The predicted molar refractivity (Wildman–Crippen MR) is 239 cm³/mol. The van der Waals surface area contributed by atoms with Crippen molar-refractivity contribution >= 4 is 22.5 Å². The number of hydrogen-bond acceptors (Lipinski definition) is 5. The maximum Gasteiger partial charge on any atom is 0.178 e. The summed E-state index contributed by atoms with van der Waals surface area (Å²) in [7, 11) is 3.47. The Balaban J connectivity index is 1.21. The average Bonchev–Trinajstić information content (AvgIpc) is 3.64. The van der Waals surface area contributed by atoms with Gasteiger partial charge in [0, 0.05) is 46.3 Å². The highest BCUT2D eigenvalue weighted by Crippen LogP contribution is 2.65. The topological polar surface area (TPSA) is 40.2 Å². The first kappa shape index (κ1) is 36.6. The van der Waals surface area contributed by atoms with Crippen molar-refractivity contribution in [3.05, 3.63) is 149 Å². The summed E-state index contributed by atoms with van der Waals surface area (Å²) in [5.41, 5.74) is 11.5. The van der Waals surface area contributed by atoms with Gasteiger partial charge < -0.3 is 23.8 Å². The summed E-state index contributed by atoms with van der Waals surface area (Å²) in [5.74, 6) is 3.69. The lowest BCUT2D eigenvalue weighted by atomic mass is 9.67. The Hall–Kier alpha value is -5.52. The van der Waals surface area contributed by atoms with Crippen LogP contribution in [0, 0.1) is 11.8 Å². The van der Waals surface area contributed by atoms with E-state index in [9.17, 15) is 0 Å². The van der Waals surface area contributed by atoms with Crippen LogP contribution in [0.3, 0.4) is 0 Å². The van der Waals surface area contributed by atoms with Gasteiger partial charge in [0.05, 0.1) is 26.4 Å². The van der Waals surface area contributed by atoms with Crippen molar-refractivity contribution < 1.29 is 18.9 Å². The Morgan fingerprint density at radius 2 is 1.24 bits per heavy atom. The van der Waals surface area contributed by atoms with Gasteiger partial charge >= 0.3 is 0 Å². The van der Waals surface area contributed by atoms with Gasteiger partial charge in [-0.3, -0.25) is 0 Å². The summed E-state index contributed by atoms with van der Waals surface area (Å²) in [6.45, 7) is 6.07. The maximum absolute atomic E-state index is 7.88. The molecule has 5 atom stereocenters. The van der Waals surface area contributed by atoms with Crippen LogP contribution in [0.1, 0.15) is 80.2 Å². The van der Waals surface area contributed by atoms with Crippen molar-refractivity contribution in [1.29, 1.82) is 0 Å². The average molecular weight is 780 g/mol. The lowest BCUT2D eigenvalue weighted by Crippen LogP contribution is -2.45. The smallest absolute Gasteiger partial charge is 0.178 e. The second-order valence-corrected chi connectivity index (χ2v) is 17.9. The fourth-order valence-corrected chi connectivity index (χ4v) is 12.1. The molecule has 0 amide bonds. The monoisotopic (exact) mass is 779 g/mol. The summed E-state index contributed by atoms with van der Waals surface area (Å²) in [6, 6.07) is 42.6. The maximum atomic E-state index is 7.88. The number of rotatable bonds is 5. The molecule has 298 valence electrons. The molecule has 2 saturated carbocycles. The zero-order chi connectivity index (χ0) is 39.9. The molecule has 6 aromatic carbocycles. The Morgan fingerprint density at radius 3 is 1.92 bits per heavy atom. The molecule has 5 heteroatoms. The number of morpholine rings is 1. The molecule has 1 saturated heterocycles. The van der Waals surface area contributed by atoms with E-state index in [-0.39, 0.29) is 17.6 Å². The van der Waals surface area contributed by atoms with Crippen LogP contribution in [-0.4, -0.2) is 39.5 Å². The van der Waals surface area contributed by atoms with E-state index >= 15 is 0 Å². The SMILES string of the molecule is COc1cc2c3c(c4c(c2cc1OC)-c1ccccc1-c1ccccc1C41CC2CCCCC2C1)C=CC(c1ccccc1)(c1ccc(N2CC(C)OC(C)C2)cc1)O3. The van der Waals surface area contributed by atoms with Gasteiger partial charge in [-0.1, -0.05) is 123 Å². The van der Waals surface area contributed by atoms with Crippen molar-refractivity contribution in [3.8, 4) is 39.5 Å². The van der Waals surface area contributed by atoms with Gasteiger partial charge in [0.25, 0.3) is 0 Å². The van der Waals surface area contributed by atoms with Crippen LogP contribution in [0.15, 0.2) is 121 Å². The van der Waals surface area contributed by atoms with Gasteiger partial charge in [-0.15, -0.1) is 0 Å². The minimum Gasteiger partial charge on any atom is -0.493 e. The van der Waals surface area contributed by atoms with E-state index in [4.69, 9.17) is 18.9 Å². The number of anilines is 1. The summed E-state index contributed by atoms with van der Waals surface area (Å²) in [4.78, 5) is 2.45. The Bertz CT molecular complexity index is 2590. The van der Waals surface area contributed by atoms with Crippen molar-refractivity contribution in [2.24, 2.45) is 11.8 Å². The minimum atomic E-state index is -0.885. The minimum absolute atomic E-state index is 0.181. The number of hydrogen-bond donors (Lipinski definition) is 0. The van der Waals surface area contributed by atoms with Crippen LogP contribution in [0.2, 0.25) is 0 Å². The van der Waals surface area contributed by atoms with Gasteiger partial charge in [-0.2, -0.15) is 0 Å². The number of nitrogens with zero attached hydrogens (tertiary/aromatic N) is 1. The van der Waals surface area contributed by atoms with E-state index < -0.39 is 5.60 Å². The normalized spacial score (nSPS) is 26.5. The molecule has 5 aliphatic rings. The zero-order valence-corrected chi connectivity index (χ0v) is 34.7. The van der Waals surface area contributed by atoms with Gasteiger partial charge in [0.15, 0.2) is 17.1 Å². The second-order valence-electron chi connectivity index (χ2n) is 17.9. The third kappa shape index (κ3) is 5.60. The summed E-state index contributed by atoms with van der Waals surface area (Å²) in [6.07, 6.45) is 12.7. The molecule has 0 aromatic heterocycles. The molecule has 2 aliphatic heterocycles. The van der Waals surface area contributed by atoms with Crippen molar-refractivity contribution in [3.63, 3.8) is 0 Å². The summed E-state index contributed by atoms with van der Waals surface area (Å²) in [5, 5.41) is 2.16. The molecule has 59 heavy (non-hydrogen) atoms. The van der Waals surface area contributed by atoms with E-state index in [0.717, 1.165) is 59.3 Å². The fraction of sp³-hybridized carbons (Fsp3) is 0.333. The lowest BCUT2D eigenvalue weighted by molar-refractivity contribution is -0.00522. The molecule has 3 aliphatic carbocycles. The van der Waals surface area contributed by atoms with Gasteiger partial charge in [-0.25, -0.2) is 0 Å². The molecular weight excluding hydrogens is 727 g/mol. The van der Waals surface area contributed by atoms with E-state index in [2.05, 4.69) is 146 Å². The van der Waals surface area contributed by atoms with Crippen LogP contribution in [-0.2, 0) is 15.8 Å². The van der Waals surface area contributed by atoms with Crippen molar-refractivity contribution in [2.45, 2.75) is 75.6 Å². The van der Waals surface area contributed by atoms with Crippen LogP contribution >= 0.6 is 0 Å². The van der Waals surface area contributed by atoms with Crippen molar-refractivity contribution in [2.75, 3.05) is 32.2 Å². The number of benzene rings is 6. The molecular formula is C54H53NO4. The molecule has 11 rings (SSSR count). The molecule has 5 unspecified atom stereocenters. The highest BCUT2D eigenvalue weighted by Gasteiger charge is 2.53. The molecule has 3 fully saturated rings. The zero-order valence-electron chi connectivity index (χ0n) is 34.7. The van der Waals surface area contributed by atoms with E-state index in [1.165, 1.54) is 70.3 Å². The predicted octanol–water partition coefficient (Wildman–Crippen LogP) is 12.4. The van der Waals surface area contributed by atoms with E-state index in [1.807, 2.05) is 0 Å². The summed E-state index contributed by atoms with van der Waals surface area (Å²) < 4.78 is 26.2. The molecule has 0 radical (unpaired) electrons. The van der Waals surface area contributed by atoms with Crippen LogP contribution in [0.4, 0.5) is 5.69 Å². The largest absolute Gasteiger partial charge is 0.493 e. The quantitative estimate of drug-likeness (QED) is 0.174. The highest BCUT2D eigenvalue weighted by molar-refractivity contribution is 6.10. The van der Waals surface area contributed by atoms with Crippen LogP contribution in [0.5, 0.6) is 17.2 Å². The molecule has 5 nitrogen and oxygen atoms in total. The molecule has 0 N–H and O–H groups in total. The molecule has 6 aromatic rings. The van der Waals surface area contributed by atoms with Crippen LogP contribution in [0.25, 0.3) is 39.1 Å². The number of methoxy groups -OCH3 is 2. The number of fused-ring (bicyclic) bond motifs is 13. The number of ether oxygens (including phenoxy) is 4. The van der Waals surface area contributed by atoms with Crippen molar-refractivity contribution in [1.82, 2.24) is 0 Å². The molecule has 1 spiro atoms. The Kier molecular flexibility index (Phi) is 8.71. The first-order valence-corrected chi connectivity index (χ1v) is 21.8. The second kappa shape index (κ2) is 14.1.